The van der Waals surface area contributed by atoms with Crippen molar-refractivity contribution in [2.24, 2.45) is 0 Å². The molecule has 1 rings (SSSR count). The van der Waals surface area contributed by atoms with Gasteiger partial charge >= 0.3 is 0 Å². The Bertz CT molecular complexity index is 310. The van der Waals surface area contributed by atoms with E-state index in [1.807, 2.05) is 13.8 Å². The highest BCUT2D eigenvalue weighted by atomic mass is 16.5. The molecule has 1 aromatic rings. The van der Waals surface area contributed by atoms with Gasteiger partial charge in [-0.3, -0.25) is 0 Å². The number of hydrogen-bond donors (Lipinski definition) is 1. The monoisotopic (exact) mass is 239 g/mol. The summed E-state index contributed by atoms with van der Waals surface area (Å²) in [5.41, 5.74) is 1.08. The summed E-state index contributed by atoms with van der Waals surface area (Å²) in [6.07, 6.45) is 5.54. The highest BCUT2D eigenvalue weighted by Gasteiger charge is 2.03. The highest BCUT2D eigenvalue weighted by Crippen LogP contribution is 2.09. The summed E-state index contributed by atoms with van der Waals surface area (Å²) >= 11 is 0. The van der Waals surface area contributed by atoms with Gasteiger partial charge in [-0.25, -0.2) is 4.98 Å². The molecule has 4 heteroatoms. The Hall–Kier alpha value is -1.03. The van der Waals surface area contributed by atoms with Crippen LogP contribution in [-0.2, 0) is 11.3 Å². The van der Waals surface area contributed by atoms with Crippen molar-refractivity contribution in [3.63, 3.8) is 0 Å². The maximum absolute atomic E-state index is 5.30. The highest BCUT2D eigenvalue weighted by molar-refractivity contribution is 5.28. The van der Waals surface area contributed by atoms with Gasteiger partial charge in [0, 0.05) is 32.5 Å². The van der Waals surface area contributed by atoms with Gasteiger partial charge in [0.15, 0.2) is 0 Å². The Labute approximate surface area is 104 Å². The first-order chi connectivity index (χ1) is 8.27. The molecule has 98 valence electrons. The number of nitrogens with one attached hydrogen (secondary N) is 1. The van der Waals surface area contributed by atoms with E-state index in [-0.39, 0.29) is 0 Å². The SMILES string of the molecule is CCCCn1cc(C)nc1NCCCOCC. The van der Waals surface area contributed by atoms with Crippen LogP contribution in [0.2, 0.25) is 0 Å². The molecule has 0 saturated heterocycles. The standard InChI is InChI=1S/C13H25N3O/c1-4-6-9-16-11-12(3)15-13(16)14-8-7-10-17-5-2/h11H,4-10H2,1-3H3,(H,14,15). The smallest absolute Gasteiger partial charge is 0.203 e. The summed E-state index contributed by atoms with van der Waals surface area (Å²) in [5, 5.41) is 3.37. The van der Waals surface area contributed by atoms with Crippen molar-refractivity contribution in [2.75, 3.05) is 25.1 Å². The number of rotatable bonds is 9. The van der Waals surface area contributed by atoms with E-state index in [1.165, 1.54) is 12.8 Å². The first-order valence-electron chi connectivity index (χ1n) is 6.63. The summed E-state index contributed by atoms with van der Waals surface area (Å²) < 4.78 is 7.51. The molecule has 0 saturated carbocycles. The molecule has 17 heavy (non-hydrogen) atoms. The van der Waals surface area contributed by atoms with Crippen LogP contribution in [0, 0.1) is 6.92 Å². The summed E-state index contributed by atoms with van der Waals surface area (Å²) in [6.45, 7) is 9.84. The van der Waals surface area contributed by atoms with Crippen LogP contribution in [-0.4, -0.2) is 29.3 Å². The van der Waals surface area contributed by atoms with Crippen LogP contribution in [0.25, 0.3) is 0 Å². The molecule has 0 aliphatic rings. The Morgan fingerprint density at radius 1 is 1.35 bits per heavy atom. The third-order valence-electron chi connectivity index (χ3n) is 2.60. The van der Waals surface area contributed by atoms with Gasteiger partial charge in [-0.15, -0.1) is 0 Å². The Balaban J connectivity index is 2.35. The number of anilines is 1. The molecule has 0 atom stereocenters. The van der Waals surface area contributed by atoms with Gasteiger partial charge in [-0.2, -0.15) is 0 Å². The first-order valence-corrected chi connectivity index (χ1v) is 6.63. The van der Waals surface area contributed by atoms with Crippen LogP contribution in [0.4, 0.5) is 5.95 Å². The molecule has 0 spiro atoms. The van der Waals surface area contributed by atoms with E-state index >= 15 is 0 Å². The zero-order chi connectivity index (χ0) is 12.5. The lowest BCUT2D eigenvalue weighted by atomic mass is 10.3. The molecule has 0 amide bonds. The van der Waals surface area contributed by atoms with E-state index in [0.29, 0.717) is 0 Å². The molecular weight excluding hydrogens is 214 g/mol. The fraction of sp³-hybridized carbons (Fsp3) is 0.769. The second kappa shape index (κ2) is 8.12. The largest absolute Gasteiger partial charge is 0.382 e. The van der Waals surface area contributed by atoms with Crippen molar-refractivity contribution in [1.82, 2.24) is 9.55 Å². The first kappa shape index (κ1) is 14.0. The molecule has 1 heterocycles. The van der Waals surface area contributed by atoms with Gasteiger partial charge in [0.2, 0.25) is 5.95 Å². The Kier molecular flexibility index (Phi) is 6.70. The van der Waals surface area contributed by atoms with Gasteiger partial charge in [0.05, 0.1) is 5.69 Å². The molecule has 0 bridgehead atoms. The van der Waals surface area contributed by atoms with Crippen LogP contribution in [0.5, 0.6) is 0 Å². The number of hydrogen-bond acceptors (Lipinski definition) is 3. The lowest BCUT2D eigenvalue weighted by Gasteiger charge is -2.09. The molecular formula is C13H25N3O. The van der Waals surface area contributed by atoms with Crippen LogP contribution in [0.3, 0.4) is 0 Å². The number of unbranched alkanes of at least 4 members (excludes halogenated alkanes) is 1. The van der Waals surface area contributed by atoms with Crippen molar-refractivity contribution in [2.45, 2.75) is 46.6 Å². The molecule has 0 aliphatic carbocycles. The van der Waals surface area contributed by atoms with Crippen molar-refractivity contribution in [3.8, 4) is 0 Å². The summed E-state index contributed by atoms with van der Waals surface area (Å²) in [6, 6.07) is 0. The number of imidazole rings is 1. The van der Waals surface area contributed by atoms with E-state index in [2.05, 4.69) is 28.0 Å². The molecule has 1 N–H and O–H groups in total. The van der Waals surface area contributed by atoms with E-state index < -0.39 is 0 Å². The number of ether oxygens (including phenoxy) is 1. The van der Waals surface area contributed by atoms with Gasteiger partial charge in [-0.1, -0.05) is 13.3 Å². The topological polar surface area (TPSA) is 39.1 Å². The second-order valence-electron chi connectivity index (χ2n) is 4.23. The van der Waals surface area contributed by atoms with Gasteiger partial charge < -0.3 is 14.6 Å². The lowest BCUT2D eigenvalue weighted by Crippen LogP contribution is -2.10. The van der Waals surface area contributed by atoms with E-state index in [9.17, 15) is 0 Å². The zero-order valence-electron chi connectivity index (χ0n) is 11.3. The second-order valence-corrected chi connectivity index (χ2v) is 4.23. The zero-order valence-corrected chi connectivity index (χ0v) is 11.3. The van der Waals surface area contributed by atoms with Gasteiger partial charge in [0.25, 0.3) is 0 Å². The summed E-state index contributed by atoms with van der Waals surface area (Å²) in [4.78, 5) is 4.49. The minimum atomic E-state index is 0.796. The minimum Gasteiger partial charge on any atom is -0.382 e. The summed E-state index contributed by atoms with van der Waals surface area (Å²) in [7, 11) is 0. The lowest BCUT2D eigenvalue weighted by molar-refractivity contribution is 0.147. The van der Waals surface area contributed by atoms with Crippen LogP contribution >= 0.6 is 0 Å². The maximum atomic E-state index is 5.30. The molecule has 0 aromatic carbocycles. The van der Waals surface area contributed by atoms with Gasteiger partial charge in [-0.05, 0) is 26.7 Å². The molecule has 0 unspecified atom stereocenters. The van der Waals surface area contributed by atoms with Crippen LogP contribution < -0.4 is 5.32 Å². The van der Waals surface area contributed by atoms with Crippen LogP contribution in [0.15, 0.2) is 6.20 Å². The maximum Gasteiger partial charge on any atom is 0.203 e. The molecule has 1 aromatic heterocycles. The molecule has 0 radical (unpaired) electrons. The number of nitrogens with zero attached hydrogens (tertiary/aromatic N) is 2. The van der Waals surface area contributed by atoms with Crippen molar-refractivity contribution in [1.29, 1.82) is 0 Å². The van der Waals surface area contributed by atoms with E-state index in [4.69, 9.17) is 4.74 Å². The molecule has 0 fully saturated rings. The summed E-state index contributed by atoms with van der Waals surface area (Å²) in [5.74, 6) is 0.993. The molecule has 4 nitrogen and oxygen atoms in total. The van der Waals surface area contributed by atoms with Crippen molar-refractivity contribution in [3.05, 3.63) is 11.9 Å². The third kappa shape index (κ3) is 5.22. The fourth-order valence-electron chi connectivity index (χ4n) is 1.71. The third-order valence-corrected chi connectivity index (χ3v) is 2.60. The van der Waals surface area contributed by atoms with E-state index in [1.54, 1.807) is 0 Å². The predicted octanol–water partition coefficient (Wildman–Crippen LogP) is 2.83. The number of aryl methyl sites for hydroxylation is 2. The normalized spacial score (nSPS) is 10.8. The quantitative estimate of drug-likeness (QED) is 0.673. The van der Waals surface area contributed by atoms with E-state index in [0.717, 1.165) is 44.4 Å². The Morgan fingerprint density at radius 3 is 2.88 bits per heavy atom. The average Bonchev–Trinajstić information content (AvgIpc) is 2.67. The molecule has 0 aliphatic heterocycles. The minimum absolute atomic E-state index is 0.796. The van der Waals surface area contributed by atoms with Crippen LogP contribution in [0.1, 0.15) is 38.8 Å². The van der Waals surface area contributed by atoms with Crippen molar-refractivity contribution >= 4 is 5.95 Å². The Morgan fingerprint density at radius 2 is 2.18 bits per heavy atom. The van der Waals surface area contributed by atoms with Gasteiger partial charge in [0.1, 0.15) is 0 Å². The predicted molar refractivity (Wildman–Crippen MR) is 71.5 cm³/mol. The number of aromatic nitrogens is 2. The van der Waals surface area contributed by atoms with Crippen molar-refractivity contribution < 1.29 is 4.74 Å². The average molecular weight is 239 g/mol. The fourth-order valence-corrected chi connectivity index (χ4v) is 1.71.